The zero-order valence-corrected chi connectivity index (χ0v) is 14.4. The molecule has 6 nitrogen and oxygen atoms in total. The number of sulfone groups is 1. The van der Waals surface area contributed by atoms with Gasteiger partial charge in [0, 0.05) is 12.7 Å². The van der Waals surface area contributed by atoms with Gasteiger partial charge in [-0.3, -0.25) is 9.69 Å². The van der Waals surface area contributed by atoms with Crippen molar-refractivity contribution in [2.24, 2.45) is 5.10 Å². The van der Waals surface area contributed by atoms with Crippen LogP contribution in [0.25, 0.3) is 0 Å². The fourth-order valence-electron chi connectivity index (χ4n) is 2.46. The van der Waals surface area contributed by atoms with Gasteiger partial charge in [0.25, 0.3) is 5.91 Å². The van der Waals surface area contributed by atoms with E-state index in [0.29, 0.717) is 19.5 Å². The summed E-state index contributed by atoms with van der Waals surface area (Å²) in [6.45, 7) is 1.41. The summed E-state index contributed by atoms with van der Waals surface area (Å²) in [7, 11) is -1.13. The SMILES string of the molecule is CN(CCCS(C)(=O)=O)CC(=O)N1CCC(c2ccccc2)=N1. The molecule has 0 N–H and O–H groups in total. The summed E-state index contributed by atoms with van der Waals surface area (Å²) >= 11 is 0. The second-order valence-electron chi connectivity index (χ2n) is 5.90. The Balaban J connectivity index is 1.83. The highest BCUT2D eigenvalue weighted by Crippen LogP contribution is 2.13. The molecule has 0 aliphatic carbocycles. The minimum atomic E-state index is -2.95. The fraction of sp³-hybridized carbons (Fsp3) is 0.500. The van der Waals surface area contributed by atoms with Crippen molar-refractivity contribution < 1.29 is 13.2 Å². The monoisotopic (exact) mass is 337 g/mol. The van der Waals surface area contributed by atoms with E-state index < -0.39 is 9.84 Å². The van der Waals surface area contributed by atoms with Crippen LogP contribution in [0.15, 0.2) is 35.4 Å². The van der Waals surface area contributed by atoms with Crippen molar-refractivity contribution >= 4 is 21.5 Å². The lowest BCUT2D eigenvalue weighted by Gasteiger charge is -2.18. The van der Waals surface area contributed by atoms with Crippen molar-refractivity contribution in [1.82, 2.24) is 9.91 Å². The smallest absolute Gasteiger partial charge is 0.256 e. The molecule has 0 aromatic heterocycles. The Kier molecular flexibility index (Phi) is 5.90. The van der Waals surface area contributed by atoms with Crippen molar-refractivity contribution in [3.8, 4) is 0 Å². The van der Waals surface area contributed by atoms with Crippen molar-refractivity contribution in [3.05, 3.63) is 35.9 Å². The molecule has 1 aliphatic rings. The third-order valence-corrected chi connectivity index (χ3v) is 4.69. The van der Waals surface area contributed by atoms with Crippen molar-refractivity contribution in [2.45, 2.75) is 12.8 Å². The standard InChI is InChI=1S/C16H23N3O3S/c1-18(10-6-12-23(2,21)22)13-16(20)19-11-9-15(17-19)14-7-4-3-5-8-14/h3-5,7-8H,6,9-13H2,1-2H3. The Morgan fingerprint density at radius 3 is 2.65 bits per heavy atom. The van der Waals surface area contributed by atoms with Crippen molar-refractivity contribution in [1.29, 1.82) is 0 Å². The topological polar surface area (TPSA) is 70.1 Å². The highest BCUT2D eigenvalue weighted by Gasteiger charge is 2.22. The van der Waals surface area contributed by atoms with E-state index in [2.05, 4.69) is 5.10 Å². The fourth-order valence-corrected chi connectivity index (χ4v) is 3.11. The number of likely N-dealkylation sites (N-methyl/N-ethyl adjacent to an activating group) is 1. The van der Waals surface area contributed by atoms with E-state index >= 15 is 0 Å². The number of carbonyl (C=O) groups is 1. The summed E-state index contributed by atoms with van der Waals surface area (Å²) in [6.07, 6.45) is 2.51. The average molecular weight is 337 g/mol. The number of hydrazone groups is 1. The van der Waals surface area contributed by atoms with Crippen LogP contribution in [0, 0.1) is 0 Å². The minimum absolute atomic E-state index is 0.0576. The van der Waals surface area contributed by atoms with Gasteiger partial charge in [0.15, 0.2) is 0 Å². The lowest BCUT2D eigenvalue weighted by atomic mass is 10.1. The van der Waals surface area contributed by atoms with Gasteiger partial charge in [-0.1, -0.05) is 30.3 Å². The molecule has 1 aromatic carbocycles. The minimum Gasteiger partial charge on any atom is -0.298 e. The predicted molar refractivity (Wildman–Crippen MR) is 91.1 cm³/mol. The number of carbonyl (C=O) groups excluding carboxylic acids is 1. The van der Waals surface area contributed by atoms with Crippen LogP contribution < -0.4 is 0 Å². The molecule has 0 radical (unpaired) electrons. The molecule has 1 heterocycles. The van der Waals surface area contributed by atoms with Crippen LogP contribution >= 0.6 is 0 Å². The molecule has 0 spiro atoms. The van der Waals surface area contributed by atoms with Gasteiger partial charge in [0.1, 0.15) is 9.84 Å². The first-order chi connectivity index (χ1) is 10.8. The Morgan fingerprint density at radius 1 is 1.30 bits per heavy atom. The van der Waals surface area contributed by atoms with E-state index in [9.17, 15) is 13.2 Å². The van der Waals surface area contributed by atoms with Gasteiger partial charge in [-0.15, -0.1) is 0 Å². The summed E-state index contributed by atoms with van der Waals surface area (Å²) in [5.74, 6) is 0.0868. The van der Waals surface area contributed by atoms with Crippen LogP contribution in [0.5, 0.6) is 0 Å². The van der Waals surface area contributed by atoms with E-state index in [1.54, 1.807) is 0 Å². The van der Waals surface area contributed by atoms with Crippen LogP contribution in [0.3, 0.4) is 0 Å². The maximum Gasteiger partial charge on any atom is 0.256 e. The number of amides is 1. The molecule has 0 bridgehead atoms. The van der Waals surface area contributed by atoms with Gasteiger partial charge >= 0.3 is 0 Å². The number of benzene rings is 1. The number of hydrogen-bond acceptors (Lipinski definition) is 5. The molecule has 1 aromatic rings. The maximum absolute atomic E-state index is 12.3. The highest BCUT2D eigenvalue weighted by atomic mass is 32.2. The van der Waals surface area contributed by atoms with Crippen LogP contribution in [-0.2, 0) is 14.6 Å². The van der Waals surface area contributed by atoms with Gasteiger partial charge in [-0.25, -0.2) is 13.4 Å². The van der Waals surface area contributed by atoms with Crippen LogP contribution in [0.1, 0.15) is 18.4 Å². The lowest BCUT2D eigenvalue weighted by Crippen LogP contribution is -2.35. The van der Waals surface area contributed by atoms with Crippen LogP contribution in [-0.4, -0.2) is 68.6 Å². The molecule has 23 heavy (non-hydrogen) atoms. The first-order valence-electron chi connectivity index (χ1n) is 7.65. The Hall–Kier alpha value is -1.73. The van der Waals surface area contributed by atoms with Gasteiger partial charge < -0.3 is 0 Å². The van der Waals surface area contributed by atoms with E-state index in [1.807, 2.05) is 42.3 Å². The molecular formula is C16H23N3O3S. The van der Waals surface area contributed by atoms with E-state index in [4.69, 9.17) is 0 Å². The zero-order valence-electron chi connectivity index (χ0n) is 13.6. The molecule has 0 atom stereocenters. The van der Waals surface area contributed by atoms with Crippen molar-refractivity contribution in [3.63, 3.8) is 0 Å². The number of rotatable bonds is 7. The Morgan fingerprint density at radius 2 is 2.00 bits per heavy atom. The third kappa shape index (κ3) is 5.76. The quantitative estimate of drug-likeness (QED) is 0.744. The molecule has 0 saturated carbocycles. The van der Waals surface area contributed by atoms with Gasteiger partial charge in [-0.05, 0) is 25.6 Å². The predicted octanol–water partition coefficient (Wildman–Crippen LogP) is 0.990. The van der Waals surface area contributed by atoms with Crippen molar-refractivity contribution in [2.75, 3.05) is 38.7 Å². The normalized spacial score (nSPS) is 15.1. The van der Waals surface area contributed by atoms with Gasteiger partial charge in [0.05, 0.1) is 24.6 Å². The molecule has 0 saturated heterocycles. The number of nitrogens with zero attached hydrogens (tertiary/aromatic N) is 3. The van der Waals surface area contributed by atoms with E-state index in [1.165, 1.54) is 11.3 Å². The van der Waals surface area contributed by atoms with Crippen LogP contribution in [0.2, 0.25) is 0 Å². The van der Waals surface area contributed by atoms with Gasteiger partial charge in [0.2, 0.25) is 0 Å². The molecule has 7 heteroatoms. The van der Waals surface area contributed by atoms with Gasteiger partial charge in [-0.2, -0.15) is 5.10 Å². The molecule has 0 unspecified atom stereocenters. The molecule has 0 fully saturated rings. The summed E-state index contributed by atoms with van der Waals surface area (Å²) in [4.78, 5) is 14.1. The average Bonchev–Trinajstić information content (AvgIpc) is 2.96. The molecule has 2 rings (SSSR count). The second kappa shape index (κ2) is 7.70. The summed E-state index contributed by atoms with van der Waals surface area (Å²) in [6, 6.07) is 9.84. The summed E-state index contributed by atoms with van der Waals surface area (Å²) in [5.41, 5.74) is 1.97. The maximum atomic E-state index is 12.3. The Labute approximate surface area is 137 Å². The zero-order chi connectivity index (χ0) is 16.9. The number of hydrogen-bond donors (Lipinski definition) is 0. The summed E-state index contributed by atoms with van der Waals surface area (Å²) < 4.78 is 22.2. The van der Waals surface area contributed by atoms with E-state index in [0.717, 1.165) is 17.7 Å². The molecule has 1 aliphatic heterocycles. The highest BCUT2D eigenvalue weighted by molar-refractivity contribution is 7.90. The molecule has 1 amide bonds. The molecular weight excluding hydrogens is 314 g/mol. The van der Waals surface area contributed by atoms with Crippen LogP contribution in [0.4, 0.5) is 0 Å². The lowest BCUT2D eigenvalue weighted by molar-refractivity contribution is -0.131. The van der Waals surface area contributed by atoms with E-state index in [-0.39, 0.29) is 18.2 Å². The largest absolute Gasteiger partial charge is 0.298 e. The Bertz CT molecular complexity index is 671. The third-order valence-electron chi connectivity index (χ3n) is 3.66. The first kappa shape index (κ1) is 17.6. The first-order valence-corrected chi connectivity index (χ1v) is 9.71. The second-order valence-corrected chi connectivity index (χ2v) is 8.16. The molecule has 126 valence electrons. The summed E-state index contributed by atoms with van der Waals surface area (Å²) in [5, 5.41) is 5.92.